The third-order valence-electron chi connectivity index (χ3n) is 4.38. The highest BCUT2D eigenvalue weighted by Crippen LogP contribution is 2.39. The van der Waals surface area contributed by atoms with Gasteiger partial charge in [0.05, 0.1) is 23.4 Å². The molecular weight excluding hydrogens is 432 g/mol. The third kappa shape index (κ3) is 5.08. The van der Waals surface area contributed by atoms with Gasteiger partial charge in [0.1, 0.15) is 0 Å². The van der Waals surface area contributed by atoms with Crippen LogP contribution in [0, 0.1) is 0 Å². The largest absolute Gasteiger partial charge is 0.458 e. The molecule has 1 aliphatic heterocycles. The van der Waals surface area contributed by atoms with E-state index in [1.807, 2.05) is 0 Å². The van der Waals surface area contributed by atoms with E-state index in [2.05, 4.69) is 20.6 Å². The fraction of sp³-hybridized carbons (Fsp3) is 0.263. The Balaban J connectivity index is 1.58. The molecule has 2 aromatic carbocycles. The monoisotopic (exact) mass is 447 g/mol. The number of nitrogens with zero attached hydrogens (tertiary/aromatic N) is 1. The van der Waals surface area contributed by atoms with Crippen molar-refractivity contribution in [2.24, 2.45) is 5.16 Å². The molecule has 0 spiro atoms. The fourth-order valence-electron chi connectivity index (χ4n) is 2.73. The lowest BCUT2D eigenvalue weighted by atomic mass is 10.0. The molecule has 6 nitrogen and oxygen atoms in total. The zero-order chi connectivity index (χ0) is 22.9. The minimum atomic E-state index is -5.01. The van der Waals surface area contributed by atoms with Crippen LogP contribution in [0.4, 0.5) is 36.8 Å². The molecule has 31 heavy (non-hydrogen) atoms. The number of rotatable bonds is 4. The lowest BCUT2D eigenvalue weighted by Crippen LogP contribution is -2.45. The number of anilines is 1. The van der Waals surface area contributed by atoms with Crippen LogP contribution in [0.2, 0.25) is 0 Å². The molecular formula is C19H15F6N3O3. The van der Waals surface area contributed by atoms with E-state index in [4.69, 9.17) is 0 Å². The molecule has 0 radical (unpaired) electrons. The number of aliphatic hydroxyl groups is 1. The highest BCUT2D eigenvalue weighted by atomic mass is 19.4. The molecule has 3 N–H and O–H groups in total. The average Bonchev–Trinajstić information content (AvgIpc) is 3.10. The molecule has 1 atom stereocenters. The molecule has 0 aromatic heterocycles. The van der Waals surface area contributed by atoms with Crippen LogP contribution in [0.3, 0.4) is 0 Å². The summed E-state index contributed by atoms with van der Waals surface area (Å²) in [5.41, 5.74) is -0.714. The molecule has 1 aliphatic rings. The van der Waals surface area contributed by atoms with E-state index in [9.17, 15) is 36.2 Å². The normalized spacial score (nSPS) is 18.9. The molecule has 1 heterocycles. The number of nitrogens with one attached hydrogen (secondary N) is 2. The molecule has 0 saturated heterocycles. The van der Waals surface area contributed by atoms with Crippen LogP contribution in [0.25, 0.3) is 0 Å². The van der Waals surface area contributed by atoms with Gasteiger partial charge in [-0.25, -0.2) is 4.79 Å². The Hall–Kier alpha value is -3.28. The molecule has 3 rings (SSSR count). The zero-order valence-electron chi connectivity index (χ0n) is 15.5. The minimum Gasteiger partial charge on any atom is -0.350 e. The summed E-state index contributed by atoms with van der Waals surface area (Å²) in [7, 11) is 0. The standard InChI is InChI=1S/C19H15F6N3O3/c20-18(21,22)13-3-1-2-4-14(13)27-16(29)26-10-11-5-7-12(8-6-11)15-9-17(30,31-28-15)19(23,24)25/h1-8,30H,9-10H2,(H2,26,27,29). The molecule has 12 heteroatoms. The Morgan fingerprint density at radius 2 is 1.71 bits per heavy atom. The van der Waals surface area contributed by atoms with Gasteiger partial charge in [0.25, 0.3) is 0 Å². The number of oxime groups is 1. The third-order valence-corrected chi connectivity index (χ3v) is 4.38. The average molecular weight is 447 g/mol. The Morgan fingerprint density at radius 3 is 2.29 bits per heavy atom. The van der Waals surface area contributed by atoms with Crippen LogP contribution in [-0.4, -0.2) is 28.8 Å². The second-order valence-corrected chi connectivity index (χ2v) is 6.64. The molecule has 0 saturated carbocycles. The van der Waals surface area contributed by atoms with Crippen molar-refractivity contribution in [3.8, 4) is 0 Å². The molecule has 2 aromatic rings. The van der Waals surface area contributed by atoms with Gasteiger partial charge in [-0.2, -0.15) is 26.3 Å². The number of hydrogen-bond acceptors (Lipinski definition) is 4. The first-order chi connectivity index (χ1) is 14.4. The van der Waals surface area contributed by atoms with Gasteiger partial charge in [-0.15, -0.1) is 0 Å². The van der Waals surface area contributed by atoms with E-state index < -0.39 is 41.8 Å². The SMILES string of the molecule is O=C(NCc1ccc(C2=NOC(O)(C(F)(F)F)C2)cc1)Nc1ccccc1C(F)(F)F. The number of benzene rings is 2. The lowest BCUT2D eigenvalue weighted by molar-refractivity contribution is -0.355. The fourth-order valence-corrected chi connectivity index (χ4v) is 2.73. The minimum absolute atomic E-state index is 0.0598. The lowest BCUT2D eigenvalue weighted by Gasteiger charge is -2.22. The predicted octanol–water partition coefficient (Wildman–Crippen LogP) is 4.40. The van der Waals surface area contributed by atoms with Gasteiger partial charge >= 0.3 is 24.2 Å². The summed E-state index contributed by atoms with van der Waals surface area (Å²) in [4.78, 5) is 16.1. The number of amides is 2. The summed E-state index contributed by atoms with van der Waals surface area (Å²) in [5, 5.41) is 17.3. The van der Waals surface area contributed by atoms with Gasteiger partial charge in [-0.05, 0) is 23.3 Å². The van der Waals surface area contributed by atoms with Crippen molar-refractivity contribution >= 4 is 17.4 Å². The molecule has 0 fully saturated rings. The molecule has 2 amide bonds. The van der Waals surface area contributed by atoms with E-state index in [0.717, 1.165) is 12.1 Å². The van der Waals surface area contributed by atoms with E-state index in [1.54, 1.807) is 0 Å². The number of alkyl halides is 6. The summed E-state index contributed by atoms with van der Waals surface area (Å²) in [6, 6.07) is 9.41. The Labute approximate surface area is 171 Å². The van der Waals surface area contributed by atoms with Crippen molar-refractivity contribution in [3.63, 3.8) is 0 Å². The first-order valence-electron chi connectivity index (χ1n) is 8.73. The summed E-state index contributed by atoms with van der Waals surface area (Å²) < 4.78 is 77.2. The van der Waals surface area contributed by atoms with Crippen molar-refractivity contribution < 1.29 is 41.1 Å². The first kappa shape index (κ1) is 22.4. The van der Waals surface area contributed by atoms with Gasteiger partial charge in [0, 0.05) is 6.54 Å². The maximum atomic E-state index is 13.0. The van der Waals surface area contributed by atoms with E-state index in [0.29, 0.717) is 5.56 Å². The summed E-state index contributed by atoms with van der Waals surface area (Å²) in [6.07, 6.45) is -10.5. The van der Waals surface area contributed by atoms with Crippen molar-refractivity contribution in [3.05, 3.63) is 65.2 Å². The number of para-hydroxylation sites is 1. The number of urea groups is 1. The van der Waals surface area contributed by atoms with Crippen molar-refractivity contribution in [2.45, 2.75) is 31.1 Å². The van der Waals surface area contributed by atoms with Crippen LogP contribution in [0.5, 0.6) is 0 Å². The second-order valence-electron chi connectivity index (χ2n) is 6.64. The highest BCUT2D eigenvalue weighted by molar-refractivity contribution is 6.01. The van der Waals surface area contributed by atoms with Crippen LogP contribution in [0.15, 0.2) is 53.7 Å². The van der Waals surface area contributed by atoms with Gasteiger partial charge in [0.15, 0.2) is 0 Å². The van der Waals surface area contributed by atoms with E-state index in [1.165, 1.54) is 36.4 Å². The number of carbonyl (C=O) groups excluding carboxylic acids is 1. The predicted molar refractivity (Wildman–Crippen MR) is 97.0 cm³/mol. The molecule has 0 aliphatic carbocycles. The summed E-state index contributed by atoms with van der Waals surface area (Å²) in [6.45, 7) is -0.0598. The van der Waals surface area contributed by atoms with Gasteiger partial charge in [0.2, 0.25) is 0 Å². The maximum Gasteiger partial charge on any atom is 0.458 e. The Kier molecular flexibility index (Phi) is 5.85. The van der Waals surface area contributed by atoms with Gasteiger partial charge in [-0.3, -0.25) is 0 Å². The molecule has 1 unspecified atom stereocenters. The van der Waals surface area contributed by atoms with Crippen LogP contribution >= 0.6 is 0 Å². The zero-order valence-corrected chi connectivity index (χ0v) is 15.5. The van der Waals surface area contributed by atoms with E-state index in [-0.39, 0.29) is 17.8 Å². The number of halogens is 6. The maximum absolute atomic E-state index is 13.0. The van der Waals surface area contributed by atoms with E-state index >= 15 is 0 Å². The topological polar surface area (TPSA) is 83.0 Å². The van der Waals surface area contributed by atoms with Crippen molar-refractivity contribution in [2.75, 3.05) is 5.32 Å². The van der Waals surface area contributed by atoms with Crippen LogP contribution in [0.1, 0.15) is 23.1 Å². The van der Waals surface area contributed by atoms with Gasteiger partial charge in [-0.1, -0.05) is 41.6 Å². The Bertz CT molecular complexity index is 989. The van der Waals surface area contributed by atoms with Gasteiger partial charge < -0.3 is 20.6 Å². The second kappa shape index (κ2) is 8.10. The van der Waals surface area contributed by atoms with Crippen molar-refractivity contribution in [1.29, 1.82) is 0 Å². The molecule has 166 valence electrons. The first-order valence-corrected chi connectivity index (χ1v) is 8.73. The number of carbonyl (C=O) groups is 1. The highest BCUT2D eigenvalue weighted by Gasteiger charge is 2.60. The molecule has 0 bridgehead atoms. The quantitative estimate of drug-likeness (QED) is 0.608. The summed E-state index contributed by atoms with van der Waals surface area (Å²) in [5.74, 6) is -3.38. The smallest absolute Gasteiger partial charge is 0.350 e. The van der Waals surface area contributed by atoms with Crippen LogP contribution < -0.4 is 10.6 Å². The number of hydrogen-bond donors (Lipinski definition) is 3. The van der Waals surface area contributed by atoms with Crippen molar-refractivity contribution in [1.82, 2.24) is 5.32 Å². The van der Waals surface area contributed by atoms with Crippen LogP contribution in [-0.2, 0) is 17.6 Å². The Morgan fingerprint density at radius 1 is 1.06 bits per heavy atom. The summed E-state index contributed by atoms with van der Waals surface area (Å²) >= 11 is 0.